The molecule has 0 aliphatic rings. The molecule has 0 bridgehead atoms. The van der Waals surface area contributed by atoms with Gasteiger partial charge in [-0.1, -0.05) is 17.4 Å². The molecule has 2 aromatic rings. The molecule has 0 radical (unpaired) electrons. The number of anilines is 1. The Morgan fingerprint density at radius 1 is 1.38 bits per heavy atom. The van der Waals surface area contributed by atoms with Crippen molar-refractivity contribution in [3.63, 3.8) is 0 Å². The topological polar surface area (TPSA) is 60.3 Å². The maximum atomic E-state index is 12.1. The van der Waals surface area contributed by atoms with Crippen molar-refractivity contribution in [1.82, 2.24) is 4.57 Å². The molecule has 0 aliphatic carbocycles. The van der Waals surface area contributed by atoms with Gasteiger partial charge >= 0.3 is 4.87 Å². The normalized spacial score (nSPS) is 10.4. The number of thiazole rings is 1. The van der Waals surface area contributed by atoms with Crippen LogP contribution in [0, 0.1) is 13.8 Å². The Bertz CT molecular complexity index is 703. The number of amides is 1. The number of hydrogen-bond donors (Lipinski definition) is 1. The number of hydrogen-bond acceptors (Lipinski definition) is 4. The SMILES string of the molecule is CCOc1cc(C)ccc1NC(=O)Cn1c(C)csc1=O. The molecule has 5 nitrogen and oxygen atoms in total. The molecule has 0 saturated carbocycles. The number of nitrogens with zero attached hydrogens (tertiary/aromatic N) is 1. The minimum absolute atomic E-state index is 0.00755. The predicted molar refractivity (Wildman–Crippen MR) is 84.3 cm³/mol. The van der Waals surface area contributed by atoms with Gasteiger partial charge in [-0.2, -0.15) is 0 Å². The van der Waals surface area contributed by atoms with Crippen LogP contribution in [0.4, 0.5) is 5.69 Å². The molecule has 0 atom stereocenters. The standard InChI is InChI=1S/C15H18N2O3S/c1-4-20-13-7-10(2)5-6-12(13)16-14(18)8-17-11(3)9-21-15(17)19/h5-7,9H,4,8H2,1-3H3,(H,16,18). The monoisotopic (exact) mass is 306 g/mol. The minimum Gasteiger partial charge on any atom is -0.492 e. The quantitative estimate of drug-likeness (QED) is 0.923. The maximum absolute atomic E-state index is 12.1. The van der Waals surface area contributed by atoms with Crippen LogP contribution in [0.1, 0.15) is 18.2 Å². The zero-order valence-electron chi connectivity index (χ0n) is 12.3. The number of rotatable bonds is 5. The van der Waals surface area contributed by atoms with E-state index in [4.69, 9.17) is 4.74 Å². The van der Waals surface area contributed by atoms with E-state index in [2.05, 4.69) is 5.32 Å². The maximum Gasteiger partial charge on any atom is 0.307 e. The molecule has 1 heterocycles. The highest BCUT2D eigenvalue weighted by Gasteiger charge is 2.11. The lowest BCUT2D eigenvalue weighted by molar-refractivity contribution is -0.116. The van der Waals surface area contributed by atoms with Gasteiger partial charge in [0.05, 0.1) is 12.3 Å². The highest BCUT2D eigenvalue weighted by atomic mass is 32.1. The molecule has 21 heavy (non-hydrogen) atoms. The zero-order valence-corrected chi connectivity index (χ0v) is 13.1. The van der Waals surface area contributed by atoms with Crippen molar-refractivity contribution in [3.8, 4) is 5.75 Å². The van der Waals surface area contributed by atoms with Gasteiger partial charge in [-0.15, -0.1) is 0 Å². The highest BCUT2D eigenvalue weighted by Crippen LogP contribution is 2.25. The van der Waals surface area contributed by atoms with Crippen LogP contribution in [0.2, 0.25) is 0 Å². The van der Waals surface area contributed by atoms with Crippen molar-refractivity contribution in [2.75, 3.05) is 11.9 Å². The summed E-state index contributed by atoms with van der Waals surface area (Å²) in [5.74, 6) is 0.392. The summed E-state index contributed by atoms with van der Waals surface area (Å²) < 4.78 is 6.97. The summed E-state index contributed by atoms with van der Waals surface area (Å²) in [6, 6.07) is 5.59. The Hall–Kier alpha value is -2.08. The molecule has 112 valence electrons. The van der Waals surface area contributed by atoms with E-state index in [-0.39, 0.29) is 17.3 Å². The largest absolute Gasteiger partial charge is 0.492 e. The molecule has 2 rings (SSSR count). The second-order valence-electron chi connectivity index (χ2n) is 4.71. The smallest absolute Gasteiger partial charge is 0.307 e. The number of benzene rings is 1. The summed E-state index contributed by atoms with van der Waals surface area (Å²) in [6.07, 6.45) is 0. The average Bonchev–Trinajstić information content (AvgIpc) is 2.74. The molecular weight excluding hydrogens is 288 g/mol. The molecule has 1 N–H and O–H groups in total. The number of carbonyl (C=O) groups excluding carboxylic acids is 1. The van der Waals surface area contributed by atoms with Crippen LogP contribution in [0.5, 0.6) is 5.75 Å². The third-order valence-corrected chi connectivity index (χ3v) is 3.87. The van der Waals surface area contributed by atoms with E-state index < -0.39 is 0 Å². The Kier molecular flexibility index (Phi) is 4.80. The third-order valence-electron chi connectivity index (χ3n) is 2.99. The Morgan fingerprint density at radius 2 is 2.14 bits per heavy atom. The van der Waals surface area contributed by atoms with Crippen molar-refractivity contribution < 1.29 is 9.53 Å². The average molecular weight is 306 g/mol. The Morgan fingerprint density at radius 3 is 2.76 bits per heavy atom. The Labute approximate surface area is 127 Å². The summed E-state index contributed by atoms with van der Waals surface area (Å²) in [7, 11) is 0. The number of nitrogens with one attached hydrogen (secondary N) is 1. The molecule has 0 aliphatic heterocycles. The zero-order chi connectivity index (χ0) is 15.4. The van der Waals surface area contributed by atoms with Crippen LogP contribution in [-0.4, -0.2) is 17.1 Å². The molecule has 0 unspecified atom stereocenters. The lowest BCUT2D eigenvalue weighted by Gasteiger charge is -2.12. The van der Waals surface area contributed by atoms with E-state index >= 15 is 0 Å². The first-order valence-electron chi connectivity index (χ1n) is 6.69. The van der Waals surface area contributed by atoms with Gasteiger partial charge < -0.3 is 10.1 Å². The van der Waals surface area contributed by atoms with E-state index in [1.54, 1.807) is 5.38 Å². The fraction of sp³-hybridized carbons (Fsp3) is 0.333. The molecular formula is C15H18N2O3S. The molecule has 0 saturated heterocycles. The van der Waals surface area contributed by atoms with Crippen LogP contribution in [0.3, 0.4) is 0 Å². The van der Waals surface area contributed by atoms with E-state index in [0.717, 1.165) is 22.6 Å². The van der Waals surface area contributed by atoms with Gasteiger partial charge in [-0.25, -0.2) is 0 Å². The van der Waals surface area contributed by atoms with E-state index in [1.807, 2.05) is 39.0 Å². The third kappa shape index (κ3) is 3.72. The van der Waals surface area contributed by atoms with Crippen molar-refractivity contribution in [2.45, 2.75) is 27.3 Å². The molecule has 1 aromatic carbocycles. The van der Waals surface area contributed by atoms with Gasteiger partial charge in [0.15, 0.2) is 0 Å². The van der Waals surface area contributed by atoms with Gasteiger partial charge in [0, 0.05) is 11.1 Å². The van der Waals surface area contributed by atoms with Gasteiger partial charge in [0.1, 0.15) is 12.3 Å². The highest BCUT2D eigenvalue weighted by molar-refractivity contribution is 7.07. The summed E-state index contributed by atoms with van der Waals surface area (Å²) >= 11 is 1.10. The number of carbonyl (C=O) groups is 1. The van der Waals surface area contributed by atoms with Gasteiger partial charge in [0.2, 0.25) is 5.91 Å². The molecule has 1 amide bonds. The molecule has 0 fully saturated rings. The van der Waals surface area contributed by atoms with Crippen LogP contribution < -0.4 is 14.9 Å². The molecule has 1 aromatic heterocycles. The van der Waals surface area contributed by atoms with Crippen molar-refractivity contribution in [2.24, 2.45) is 0 Å². The fourth-order valence-electron chi connectivity index (χ4n) is 1.94. The first-order chi connectivity index (χ1) is 10.0. The second-order valence-corrected chi connectivity index (χ2v) is 5.53. The summed E-state index contributed by atoms with van der Waals surface area (Å²) in [5, 5.41) is 4.54. The van der Waals surface area contributed by atoms with E-state index in [0.29, 0.717) is 18.0 Å². The van der Waals surface area contributed by atoms with Crippen LogP contribution >= 0.6 is 11.3 Å². The van der Waals surface area contributed by atoms with Crippen LogP contribution in [0.15, 0.2) is 28.4 Å². The first-order valence-corrected chi connectivity index (χ1v) is 7.57. The van der Waals surface area contributed by atoms with Gasteiger partial charge in [0.25, 0.3) is 0 Å². The summed E-state index contributed by atoms with van der Waals surface area (Å²) in [6.45, 7) is 6.19. The lowest BCUT2D eigenvalue weighted by atomic mass is 10.2. The van der Waals surface area contributed by atoms with Crippen molar-refractivity contribution in [3.05, 3.63) is 44.5 Å². The number of ether oxygens (including phenoxy) is 1. The van der Waals surface area contributed by atoms with Crippen LogP contribution in [-0.2, 0) is 11.3 Å². The molecule has 0 spiro atoms. The summed E-state index contributed by atoms with van der Waals surface area (Å²) in [4.78, 5) is 23.6. The van der Waals surface area contributed by atoms with E-state index in [1.165, 1.54) is 4.57 Å². The lowest BCUT2D eigenvalue weighted by Crippen LogP contribution is -2.25. The van der Waals surface area contributed by atoms with Crippen LogP contribution in [0.25, 0.3) is 0 Å². The summed E-state index contributed by atoms with van der Waals surface area (Å²) in [5.41, 5.74) is 2.46. The molecule has 6 heteroatoms. The fourth-order valence-corrected chi connectivity index (χ4v) is 2.67. The second kappa shape index (κ2) is 6.58. The van der Waals surface area contributed by atoms with Crippen molar-refractivity contribution in [1.29, 1.82) is 0 Å². The first kappa shape index (κ1) is 15.3. The van der Waals surface area contributed by atoms with Gasteiger partial charge in [-0.3, -0.25) is 14.2 Å². The number of aromatic nitrogens is 1. The van der Waals surface area contributed by atoms with Crippen molar-refractivity contribution >= 4 is 22.9 Å². The predicted octanol–water partition coefficient (Wildman–Crippen LogP) is 2.56. The van der Waals surface area contributed by atoms with Gasteiger partial charge in [-0.05, 0) is 38.5 Å². The minimum atomic E-state index is -0.247. The van der Waals surface area contributed by atoms with E-state index in [9.17, 15) is 9.59 Å². The Balaban J connectivity index is 2.14. The number of aryl methyl sites for hydroxylation is 2.